The van der Waals surface area contributed by atoms with Crippen LogP contribution in [-0.2, 0) is 6.18 Å². The lowest BCUT2D eigenvalue weighted by Crippen LogP contribution is -2.06. The lowest BCUT2D eigenvalue weighted by Gasteiger charge is -2.13. The third-order valence-electron chi connectivity index (χ3n) is 3.65. The maximum atomic E-state index is 12.9. The zero-order valence-electron chi connectivity index (χ0n) is 13.1. The van der Waals surface area contributed by atoms with E-state index in [1.54, 1.807) is 18.2 Å². The molecule has 0 atom stereocenters. The van der Waals surface area contributed by atoms with Crippen molar-refractivity contribution in [1.82, 2.24) is 4.98 Å². The van der Waals surface area contributed by atoms with Gasteiger partial charge in [0.15, 0.2) is 5.69 Å². The van der Waals surface area contributed by atoms with Crippen molar-refractivity contribution in [3.8, 4) is 0 Å². The molecular weight excluding hydrogens is 333 g/mol. The number of fused-ring (bicyclic) bond motifs is 1. The minimum Gasteiger partial charge on any atom is -0.477 e. The van der Waals surface area contributed by atoms with Gasteiger partial charge in [-0.2, -0.15) is 13.2 Å². The van der Waals surface area contributed by atoms with Crippen molar-refractivity contribution in [3.05, 3.63) is 65.4 Å². The van der Waals surface area contributed by atoms with Crippen LogP contribution in [0.2, 0.25) is 0 Å². The molecule has 3 rings (SSSR count). The molecule has 0 bridgehead atoms. The van der Waals surface area contributed by atoms with Crippen LogP contribution >= 0.6 is 0 Å². The largest absolute Gasteiger partial charge is 0.477 e. The van der Waals surface area contributed by atoms with Gasteiger partial charge in [-0.15, -0.1) is 0 Å². The molecule has 0 saturated carbocycles. The Labute approximate surface area is 140 Å². The number of nitrogens with zero attached hydrogens (tertiary/aromatic N) is 1. The minimum absolute atomic E-state index is 0.189. The van der Waals surface area contributed by atoms with Gasteiger partial charge in [0, 0.05) is 11.1 Å². The maximum Gasteiger partial charge on any atom is 0.416 e. The van der Waals surface area contributed by atoms with Crippen LogP contribution in [0.4, 0.5) is 24.5 Å². The number of hydrogen-bond donors (Lipinski definition) is 2. The van der Waals surface area contributed by atoms with E-state index < -0.39 is 17.7 Å². The van der Waals surface area contributed by atoms with Gasteiger partial charge in [0.1, 0.15) is 0 Å². The zero-order valence-corrected chi connectivity index (χ0v) is 13.1. The number of nitrogens with one attached hydrogen (secondary N) is 1. The van der Waals surface area contributed by atoms with Crippen LogP contribution in [0.3, 0.4) is 0 Å². The first-order chi connectivity index (χ1) is 11.7. The average molecular weight is 346 g/mol. The number of pyridine rings is 1. The summed E-state index contributed by atoms with van der Waals surface area (Å²) in [6, 6.07) is 11.3. The number of carboxylic acids is 1. The first-order valence-corrected chi connectivity index (χ1v) is 7.33. The molecule has 0 radical (unpaired) electrons. The summed E-state index contributed by atoms with van der Waals surface area (Å²) in [6.45, 7) is 1.86. The number of alkyl halides is 3. The molecule has 3 aromatic rings. The van der Waals surface area contributed by atoms with Gasteiger partial charge in [-0.25, -0.2) is 9.78 Å². The van der Waals surface area contributed by atoms with Crippen molar-refractivity contribution in [2.45, 2.75) is 13.1 Å². The summed E-state index contributed by atoms with van der Waals surface area (Å²) in [7, 11) is 0. The van der Waals surface area contributed by atoms with Crippen molar-refractivity contribution in [3.63, 3.8) is 0 Å². The lowest BCUT2D eigenvalue weighted by atomic mass is 10.1. The predicted octanol–water partition coefficient (Wildman–Crippen LogP) is 5.00. The molecule has 0 spiro atoms. The summed E-state index contributed by atoms with van der Waals surface area (Å²) >= 11 is 0. The standard InChI is InChI=1S/C18H13F3N2O2/c1-10-5-6-14-13(7-10)15(9-16(23-14)17(24)25)22-12-4-2-3-11(8-12)18(19,20)21/h2-9H,1H3,(H,22,23)(H,24,25). The van der Waals surface area contributed by atoms with Crippen LogP contribution in [0.5, 0.6) is 0 Å². The fraction of sp³-hybridized carbons (Fsp3) is 0.111. The normalized spacial score (nSPS) is 11.5. The number of halogens is 3. The van der Waals surface area contributed by atoms with E-state index in [1.165, 1.54) is 18.2 Å². The summed E-state index contributed by atoms with van der Waals surface area (Å²) < 4.78 is 38.6. The molecule has 4 nitrogen and oxygen atoms in total. The molecule has 0 aliphatic heterocycles. The third kappa shape index (κ3) is 3.55. The highest BCUT2D eigenvalue weighted by Crippen LogP contribution is 2.33. The van der Waals surface area contributed by atoms with E-state index in [0.29, 0.717) is 16.6 Å². The fourth-order valence-electron chi connectivity index (χ4n) is 2.48. The van der Waals surface area contributed by atoms with Crippen molar-refractivity contribution >= 4 is 28.2 Å². The molecule has 1 heterocycles. The van der Waals surface area contributed by atoms with Crippen LogP contribution < -0.4 is 5.32 Å². The Balaban J connectivity index is 2.12. The first-order valence-electron chi connectivity index (χ1n) is 7.33. The number of carboxylic acid groups (broad SMARTS) is 1. The topological polar surface area (TPSA) is 62.2 Å². The average Bonchev–Trinajstić information content (AvgIpc) is 2.54. The summed E-state index contributed by atoms with van der Waals surface area (Å²) in [6.07, 6.45) is -4.46. The molecule has 0 fully saturated rings. The Hall–Kier alpha value is -3.09. The van der Waals surface area contributed by atoms with Crippen LogP contribution in [0.15, 0.2) is 48.5 Å². The molecule has 0 aliphatic carbocycles. The number of aromatic carboxylic acids is 1. The van der Waals surface area contributed by atoms with Crippen molar-refractivity contribution < 1.29 is 23.1 Å². The molecule has 7 heteroatoms. The summed E-state index contributed by atoms with van der Waals surface area (Å²) in [5.41, 5.74) is 0.978. The van der Waals surface area contributed by atoms with Gasteiger partial charge in [0.2, 0.25) is 0 Å². The number of aromatic nitrogens is 1. The predicted molar refractivity (Wildman–Crippen MR) is 88.2 cm³/mol. The molecule has 2 aromatic carbocycles. The Bertz CT molecular complexity index is 968. The summed E-state index contributed by atoms with van der Waals surface area (Å²) in [5.74, 6) is -1.21. The Morgan fingerprint density at radius 1 is 1.12 bits per heavy atom. The summed E-state index contributed by atoms with van der Waals surface area (Å²) in [4.78, 5) is 15.3. The van der Waals surface area contributed by atoms with Gasteiger partial charge in [0.25, 0.3) is 0 Å². The molecular formula is C18H13F3N2O2. The quantitative estimate of drug-likeness (QED) is 0.700. The minimum atomic E-state index is -4.46. The Kier molecular flexibility index (Phi) is 4.08. The summed E-state index contributed by atoms with van der Waals surface area (Å²) in [5, 5.41) is 12.7. The van der Waals surface area contributed by atoms with Gasteiger partial charge in [0.05, 0.1) is 16.8 Å². The molecule has 0 amide bonds. The molecule has 25 heavy (non-hydrogen) atoms. The first kappa shape index (κ1) is 16.8. The molecule has 1 aromatic heterocycles. The monoisotopic (exact) mass is 346 g/mol. The number of benzene rings is 2. The molecule has 2 N–H and O–H groups in total. The second-order valence-corrected chi connectivity index (χ2v) is 5.58. The highest BCUT2D eigenvalue weighted by molar-refractivity contribution is 5.98. The Morgan fingerprint density at radius 2 is 1.88 bits per heavy atom. The number of rotatable bonds is 3. The molecule has 0 saturated heterocycles. The number of hydrogen-bond acceptors (Lipinski definition) is 3. The number of carbonyl (C=O) groups is 1. The van der Waals surface area contributed by atoms with Crippen molar-refractivity contribution in [1.29, 1.82) is 0 Å². The van der Waals surface area contributed by atoms with Gasteiger partial charge in [-0.05, 0) is 43.3 Å². The van der Waals surface area contributed by atoms with Crippen molar-refractivity contribution in [2.24, 2.45) is 0 Å². The van der Waals surface area contributed by atoms with Gasteiger partial charge in [-0.1, -0.05) is 17.7 Å². The molecule has 128 valence electrons. The van der Waals surface area contributed by atoms with E-state index in [0.717, 1.165) is 17.7 Å². The SMILES string of the molecule is Cc1ccc2nc(C(=O)O)cc(Nc3cccc(C(F)(F)F)c3)c2c1. The second kappa shape index (κ2) is 6.08. The molecule has 0 unspecified atom stereocenters. The van der Waals surface area contributed by atoms with E-state index in [1.807, 2.05) is 6.92 Å². The van der Waals surface area contributed by atoms with Crippen molar-refractivity contribution in [2.75, 3.05) is 5.32 Å². The van der Waals surface area contributed by atoms with E-state index >= 15 is 0 Å². The smallest absolute Gasteiger partial charge is 0.416 e. The number of aryl methyl sites for hydroxylation is 1. The van der Waals surface area contributed by atoms with E-state index in [2.05, 4.69) is 10.3 Å². The number of anilines is 2. The van der Waals surface area contributed by atoms with Crippen LogP contribution in [0.1, 0.15) is 21.6 Å². The van der Waals surface area contributed by atoms with Crippen LogP contribution in [0, 0.1) is 6.92 Å². The van der Waals surface area contributed by atoms with E-state index in [-0.39, 0.29) is 11.4 Å². The maximum absolute atomic E-state index is 12.9. The Morgan fingerprint density at radius 3 is 2.56 bits per heavy atom. The van der Waals surface area contributed by atoms with Gasteiger partial charge >= 0.3 is 12.1 Å². The molecule has 0 aliphatic rings. The third-order valence-corrected chi connectivity index (χ3v) is 3.65. The van der Waals surface area contributed by atoms with Crippen LogP contribution in [-0.4, -0.2) is 16.1 Å². The highest BCUT2D eigenvalue weighted by Gasteiger charge is 2.30. The van der Waals surface area contributed by atoms with E-state index in [4.69, 9.17) is 0 Å². The van der Waals surface area contributed by atoms with E-state index in [9.17, 15) is 23.1 Å². The lowest BCUT2D eigenvalue weighted by molar-refractivity contribution is -0.137. The highest BCUT2D eigenvalue weighted by atomic mass is 19.4. The van der Waals surface area contributed by atoms with Gasteiger partial charge in [-0.3, -0.25) is 0 Å². The fourth-order valence-corrected chi connectivity index (χ4v) is 2.48. The second-order valence-electron chi connectivity index (χ2n) is 5.58. The van der Waals surface area contributed by atoms with Crippen LogP contribution in [0.25, 0.3) is 10.9 Å². The van der Waals surface area contributed by atoms with Gasteiger partial charge < -0.3 is 10.4 Å². The zero-order chi connectivity index (χ0) is 18.2.